The highest BCUT2D eigenvalue weighted by Gasteiger charge is 2.30. The number of carbonyl (C=O) groups is 3. The number of hydrogen-bond acceptors (Lipinski definition) is 5. The Morgan fingerprint density at radius 2 is 0.963 bits per heavy atom. The van der Waals surface area contributed by atoms with E-state index >= 15 is 0 Å². The molecule has 282 valence electrons. The lowest BCUT2D eigenvalue weighted by Crippen LogP contribution is -2.28. The summed E-state index contributed by atoms with van der Waals surface area (Å²) in [5.41, 5.74) is 6.06. The zero-order valence-electron chi connectivity index (χ0n) is 32.1. The van der Waals surface area contributed by atoms with Gasteiger partial charge in [0, 0.05) is 11.1 Å². The van der Waals surface area contributed by atoms with Gasteiger partial charge in [0.05, 0.1) is 23.5 Å². The van der Waals surface area contributed by atoms with Crippen LogP contribution >= 0.6 is 0 Å². The Morgan fingerprint density at radius 1 is 0.556 bits per heavy atom. The first-order valence-electron chi connectivity index (χ1n) is 17.8. The van der Waals surface area contributed by atoms with Gasteiger partial charge in [0.1, 0.15) is 5.75 Å². The minimum absolute atomic E-state index is 0.126. The third-order valence-corrected chi connectivity index (χ3v) is 9.83. The van der Waals surface area contributed by atoms with Crippen LogP contribution in [0.25, 0.3) is 33.4 Å². The van der Waals surface area contributed by atoms with Crippen molar-refractivity contribution in [1.29, 1.82) is 0 Å². The number of esters is 2. The van der Waals surface area contributed by atoms with Gasteiger partial charge in [0.25, 0.3) is 0 Å². The van der Waals surface area contributed by atoms with Gasteiger partial charge in [-0.3, -0.25) is 14.4 Å². The summed E-state index contributed by atoms with van der Waals surface area (Å²) in [6, 6.07) is 33.3. The van der Waals surface area contributed by atoms with E-state index in [1.54, 1.807) is 36.4 Å². The molecule has 0 N–H and O–H groups in total. The summed E-state index contributed by atoms with van der Waals surface area (Å²) in [5.74, 6) is -0.164. The van der Waals surface area contributed by atoms with Gasteiger partial charge in [0.15, 0.2) is 5.78 Å². The van der Waals surface area contributed by atoms with Crippen molar-refractivity contribution in [2.45, 2.75) is 67.5 Å². The molecule has 0 radical (unpaired) electrons. The van der Waals surface area contributed by atoms with Crippen molar-refractivity contribution >= 4 is 17.7 Å². The first-order chi connectivity index (χ1) is 25.4. The molecule has 5 aromatic carbocycles. The predicted octanol–water partition coefficient (Wildman–Crippen LogP) is 12.2. The molecule has 0 aromatic heterocycles. The van der Waals surface area contributed by atoms with Crippen LogP contribution in [-0.4, -0.2) is 24.8 Å². The fourth-order valence-electron chi connectivity index (χ4n) is 5.33. The van der Waals surface area contributed by atoms with Crippen LogP contribution in [0.3, 0.4) is 0 Å². The maximum atomic E-state index is 13.1. The van der Waals surface area contributed by atoms with E-state index in [0.29, 0.717) is 23.3 Å². The maximum Gasteiger partial charge on any atom is 0.416 e. The second-order valence-corrected chi connectivity index (χ2v) is 14.5. The maximum absolute atomic E-state index is 13.1. The first kappa shape index (κ1) is 41.3. The number of hydrogen-bond donors (Lipinski definition) is 0. The second kappa shape index (κ2) is 17.1. The SMILES string of the molecule is CCC(C)(C)C(=O)OC.CCC(C)(C)C(=O)Oc1ccc(C(=O)c2ccc(-c3ccc(-c4ccc(-c5ccc(C(F)(F)F)cc5)c(C)c4)cc3)cc2)cc1. The largest absolute Gasteiger partial charge is 0.469 e. The molecule has 5 aromatic rings. The van der Waals surface area contributed by atoms with Crippen molar-refractivity contribution in [2.75, 3.05) is 7.11 Å². The van der Waals surface area contributed by atoms with Crippen LogP contribution in [0.5, 0.6) is 5.75 Å². The molecule has 0 heterocycles. The molecule has 0 saturated heterocycles. The van der Waals surface area contributed by atoms with Gasteiger partial charge in [-0.2, -0.15) is 13.2 Å². The molecule has 0 fully saturated rings. The van der Waals surface area contributed by atoms with Gasteiger partial charge in [0.2, 0.25) is 0 Å². The Morgan fingerprint density at radius 3 is 1.39 bits per heavy atom. The Bertz CT molecular complexity index is 2060. The minimum atomic E-state index is -4.36. The molecule has 0 aliphatic heterocycles. The molecular formula is C46H47F3O5. The summed E-state index contributed by atoms with van der Waals surface area (Å²) < 4.78 is 48.9. The third kappa shape index (κ3) is 10.1. The van der Waals surface area contributed by atoms with Crippen LogP contribution in [0.2, 0.25) is 0 Å². The molecule has 0 saturated carbocycles. The van der Waals surface area contributed by atoms with Gasteiger partial charge in [-0.15, -0.1) is 0 Å². The topological polar surface area (TPSA) is 69.7 Å². The van der Waals surface area contributed by atoms with E-state index in [0.717, 1.165) is 57.5 Å². The number of methoxy groups -OCH3 is 1. The van der Waals surface area contributed by atoms with E-state index in [-0.39, 0.29) is 23.1 Å². The predicted molar refractivity (Wildman–Crippen MR) is 208 cm³/mol. The Kier molecular flexibility index (Phi) is 13.1. The number of rotatable bonds is 10. The van der Waals surface area contributed by atoms with Gasteiger partial charge in [-0.1, -0.05) is 92.7 Å². The van der Waals surface area contributed by atoms with E-state index in [4.69, 9.17) is 4.74 Å². The molecule has 0 bridgehead atoms. The van der Waals surface area contributed by atoms with Crippen LogP contribution in [0.4, 0.5) is 13.2 Å². The summed E-state index contributed by atoms with van der Waals surface area (Å²) in [5, 5.41) is 0. The number of halogens is 3. The van der Waals surface area contributed by atoms with E-state index in [2.05, 4.69) is 4.74 Å². The zero-order chi connectivity index (χ0) is 39.8. The molecule has 0 unspecified atom stereocenters. The van der Waals surface area contributed by atoms with E-state index in [1.165, 1.54) is 19.2 Å². The summed E-state index contributed by atoms with van der Waals surface area (Å²) >= 11 is 0. The van der Waals surface area contributed by atoms with Gasteiger partial charge >= 0.3 is 18.1 Å². The third-order valence-electron chi connectivity index (χ3n) is 9.83. The number of ether oxygens (including phenoxy) is 2. The van der Waals surface area contributed by atoms with Crippen LogP contribution in [0.15, 0.2) is 115 Å². The smallest absolute Gasteiger partial charge is 0.416 e. The summed E-state index contributed by atoms with van der Waals surface area (Å²) in [4.78, 5) is 36.3. The van der Waals surface area contributed by atoms with E-state index < -0.39 is 17.2 Å². The van der Waals surface area contributed by atoms with Crippen molar-refractivity contribution in [2.24, 2.45) is 10.8 Å². The molecular weight excluding hydrogens is 689 g/mol. The van der Waals surface area contributed by atoms with Crippen LogP contribution in [-0.2, 0) is 20.5 Å². The van der Waals surface area contributed by atoms with Gasteiger partial charge in [-0.25, -0.2) is 0 Å². The summed E-state index contributed by atoms with van der Waals surface area (Å²) in [7, 11) is 1.42. The number of carbonyl (C=O) groups excluding carboxylic acids is 3. The quantitative estimate of drug-likeness (QED) is 0.0811. The molecule has 54 heavy (non-hydrogen) atoms. The monoisotopic (exact) mass is 736 g/mol. The Balaban J connectivity index is 0.000000641. The Labute approximate surface area is 316 Å². The lowest BCUT2D eigenvalue weighted by atomic mass is 9.91. The zero-order valence-corrected chi connectivity index (χ0v) is 32.1. The fourth-order valence-corrected chi connectivity index (χ4v) is 5.33. The normalized spacial score (nSPS) is 11.6. The Hall–Kier alpha value is -5.50. The van der Waals surface area contributed by atoms with Crippen molar-refractivity contribution in [1.82, 2.24) is 0 Å². The van der Waals surface area contributed by atoms with Gasteiger partial charge < -0.3 is 9.47 Å². The summed E-state index contributed by atoms with van der Waals surface area (Å²) in [6.07, 6.45) is -2.88. The van der Waals surface area contributed by atoms with Crippen LogP contribution < -0.4 is 4.74 Å². The minimum Gasteiger partial charge on any atom is -0.469 e. The molecule has 5 rings (SSSR count). The number of aryl methyl sites for hydroxylation is 1. The first-order valence-corrected chi connectivity index (χ1v) is 17.8. The van der Waals surface area contributed by atoms with Gasteiger partial charge in [-0.05, 0) is 123 Å². The van der Waals surface area contributed by atoms with E-state index in [1.807, 2.05) is 103 Å². The van der Waals surface area contributed by atoms with Crippen molar-refractivity contribution < 1.29 is 37.0 Å². The standard InChI is InChI=1S/C39H33F3O3.C7H14O2/c1-5-38(3,4)37(44)45-34-21-16-31(17-22-34)36(43)30-12-10-27(11-13-30)26-6-8-28(9-7-26)32-18-23-35(25(2)24-32)29-14-19-33(20-15-29)39(40,41)42;1-5-7(2,3)6(8)9-4/h6-24H,5H2,1-4H3;5H2,1-4H3. The fraction of sp³-hybridized carbons (Fsp3) is 0.283. The molecule has 0 aliphatic carbocycles. The highest BCUT2D eigenvalue weighted by atomic mass is 19.4. The molecule has 0 spiro atoms. The molecule has 0 amide bonds. The lowest BCUT2D eigenvalue weighted by molar-refractivity contribution is -0.151. The van der Waals surface area contributed by atoms with Crippen molar-refractivity contribution in [3.8, 4) is 39.1 Å². The number of ketones is 1. The highest BCUT2D eigenvalue weighted by molar-refractivity contribution is 6.09. The highest BCUT2D eigenvalue weighted by Crippen LogP contribution is 2.34. The molecule has 8 heteroatoms. The summed E-state index contributed by atoms with van der Waals surface area (Å²) in [6.45, 7) is 13.3. The van der Waals surface area contributed by atoms with Crippen LogP contribution in [0, 0.1) is 17.8 Å². The van der Waals surface area contributed by atoms with Crippen molar-refractivity contribution in [3.05, 3.63) is 138 Å². The van der Waals surface area contributed by atoms with Crippen LogP contribution in [0.1, 0.15) is 81.4 Å². The molecule has 0 atom stereocenters. The second-order valence-electron chi connectivity index (χ2n) is 14.5. The number of alkyl halides is 3. The average Bonchev–Trinajstić information content (AvgIpc) is 3.17. The number of benzene rings is 5. The molecule has 0 aliphatic rings. The molecule has 5 nitrogen and oxygen atoms in total. The lowest BCUT2D eigenvalue weighted by Gasteiger charge is -2.20. The van der Waals surface area contributed by atoms with Crippen molar-refractivity contribution in [3.63, 3.8) is 0 Å². The average molecular weight is 737 g/mol. The van der Waals surface area contributed by atoms with E-state index in [9.17, 15) is 27.6 Å².